The third-order valence-electron chi connectivity index (χ3n) is 1.29. The van der Waals surface area contributed by atoms with E-state index in [2.05, 4.69) is 36.8 Å². The average molecular weight is 200 g/mol. The molecule has 0 aliphatic carbocycles. The van der Waals surface area contributed by atoms with E-state index >= 15 is 0 Å². The second-order valence-electron chi connectivity index (χ2n) is 1.85. The molecule has 0 radical (unpaired) electrons. The Balaban J connectivity index is 0.000000561. The molecule has 1 aromatic rings. The first kappa shape index (κ1) is 11.9. The second kappa shape index (κ2) is 7.56. The van der Waals surface area contributed by atoms with Crippen molar-refractivity contribution in [1.29, 1.82) is 0 Å². The van der Waals surface area contributed by atoms with Crippen LogP contribution < -0.4 is 0 Å². The van der Waals surface area contributed by atoms with E-state index in [4.69, 9.17) is 0 Å². The van der Waals surface area contributed by atoms with Crippen LogP contribution in [-0.2, 0) is 0 Å². The van der Waals surface area contributed by atoms with Gasteiger partial charge in [-0.1, -0.05) is 26.0 Å². The summed E-state index contributed by atoms with van der Waals surface area (Å²) < 4.78 is 0. The molecule has 0 saturated carbocycles. The Morgan fingerprint density at radius 3 is 1.42 bits per heavy atom. The van der Waals surface area contributed by atoms with Crippen LogP contribution in [0.25, 0.3) is 0 Å². The molecule has 0 fully saturated rings. The molecule has 1 rings (SSSR count). The van der Waals surface area contributed by atoms with E-state index in [-0.39, 0.29) is 0 Å². The summed E-state index contributed by atoms with van der Waals surface area (Å²) in [4.78, 5) is 2.74. The lowest BCUT2D eigenvalue weighted by molar-refractivity contribution is 1.26. The molecular formula is C10H16S2. The van der Waals surface area contributed by atoms with Gasteiger partial charge in [0.2, 0.25) is 0 Å². The molecule has 0 amide bonds. The summed E-state index contributed by atoms with van der Waals surface area (Å²) in [5, 5.41) is 0. The number of hydrogen-bond donors (Lipinski definition) is 0. The fraction of sp³-hybridized carbons (Fsp3) is 0.400. The van der Waals surface area contributed by atoms with Gasteiger partial charge in [0, 0.05) is 9.79 Å². The molecule has 0 nitrogen and oxygen atoms in total. The van der Waals surface area contributed by atoms with Crippen LogP contribution in [0.5, 0.6) is 0 Å². The van der Waals surface area contributed by atoms with Crippen molar-refractivity contribution in [2.75, 3.05) is 12.5 Å². The molecule has 0 bridgehead atoms. The van der Waals surface area contributed by atoms with Crippen molar-refractivity contribution in [1.82, 2.24) is 0 Å². The van der Waals surface area contributed by atoms with Crippen LogP contribution in [0.15, 0.2) is 34.1 Å². The third-order valence-corrected chi connectivity index (χ3v) is 3.01. The minimum atomic E-state index is 1.37. The Labute approximate surface area is 84.1 Å². The van der Waals surface area contributed by atoms with Gasteiger partial charge in [0.25, 0.3) is 0 Å². The molecule has 68 valence electrons. The third kappa shape index (κ3) is 3.55. The van der Waals surface area contributed by atoms with Gasteiger partial charge in [0.05, 0.1) is 0 Å². The van der Waals surface area contributed by atoms with Crippen LogP contribution in [0.2, 0.25) is 0 Å². The second-order valence-corrected chi connectivity index (χ2v) is 3.55. The van der Waals surface area contributed by atoms with Gasteiger partial charge in [0.15, 0.2) is 0 Å². The fourth-order valence-corrected chi connectivity index (χ4v) is 2.26. The molecule has 0 aromatic heterocycles. The molecule has 0 atom stereocenters. The summed E-state index contributed by atoms with van der Waals surface area (Å²) in [6.07, 6.45) is 4.21. The van der Waals surface area contributed by atoms with E-state index in [0.717, 1.165) is 0 Å². The summed E-state index contributed by atoms with van der Waals surface area (Å²) in [6.45, 7) is 4.00. The molecule has 0 spiro atoms. The van der Waals surface area contributed by atoms with E-state index < -0.39 is 0 Å². The highest BCUT2D eigenvalue weighted by Crippen LogP contribution is 2.26. The van der Waals surface area contributed by atoms with Gasteiger partial charge in [-0.3, -0.25) is 0 Å². The maximum Gasteiger partial charge on any atom is 0.0205 e. The van der Waals surface area contributed by atoms with Crippen molar-refractivity contribution in [2.24, 2.45) is 0 Å². The zero-order valence-electron chi connectivity index (χ0n) is 8.13. The Kier molecular flexibility index (Phi) is 7.51. The van der Waals surface area contributed by atoms with Gasteiger partial charge in [-0.25, -0.2) is 0 Å². The number of rotatable bonds is 2. The Morgan fingerprint density at radius 2 is 1.17 bits per heavy atom. The van der Waals surface area contributed by atoms with E-state index in [1.807, 2.05) is 13.8 Å². The first-order chi connectivity index (χ1) is 5.88. The van der Waals surface area contributed by atoms with E-state index in [0.29, 0.717) is 0 Å². The fourth-order valence-electron chi connectivity index (χ4n) is 0.787. The van der Waals surface area contributed by atoms with Gasteiger partial charge >= 0.3 is 0 Å². The lowest BCUT2D eigenvalue weighted by Crippen LogP contribution is -1.73. The predicted octanol–water partition coefficient (Wildman–Crippen LogP) is 4.16. The first-order valence-electron chi connectivity index (χ1n) is 4.05. The number of thioether (sulfide) groups is 2. The zero-order chi connectivity index (χ0) is 9.40. The molecule has 0 aliphatic rings. The van der Waals surface area contributed by atoms with Gasteiger partial charge in [-0.15, -0.1) is 23.5 Å². The van der Waals surface area contributed by atoms with E-state index in [1.54, 1.807) is 23.5 Å². The SMILES string of the molecule is CC.CSc1ccccc1SC. The summed E-state index contributed by atoms with van der Waals surface area (Å²) in [5.41, 5.74) is 0. The first-order valence-corrected chi connectivity index (χ1v) is 6.50. The van der Waals surface area contributed by atoms with Crippen molar-refractivity contribution < 1.29 is 0 Å². The van der Waals surface area contributed by atoms with Crippen molar-refractivity contribution in [2.45, 2.75) is 23.6 Å². The quantitative estimate of drug-likeness (QED) is 0.658. The van der Waals surface area contributed by atoms with Crippen molar-refractivity contribution in [3.05, 3.63) is 24.3 Å². The van der Waals surface area contributed by atoms with Crippen LogP contribution in [0, 0.1) is 0 Å². The van der Waals surface area contributed by atoms with E-state index in [1.165, 1.54) is 9.79 Å². The molecular weight excluding hydrogens is 184 g/mol. The van der Waals surface area contributed by atoms with Gasteiger partial charge in [-0.05, 0) is 24.6 Å². The maximum atomic E-state index is 2.15. The molecule has 0 heterocycles. The highest BCUT2D eigenvalue weighted by atomic mass is 32.2. The van der Waals surface area contributed by atoms with Gasteiger partial charge in [0.1, 0.15) is 0 Å². The minimum absolute atomic E-state index is 1.37. The maximum absolute atomic E-state index is 2.15. The Hall–Kier alpha value is -0.0800. The van der Waals surface area contributed by atoms with Crippen LogP contribution in [0.1, 0.15) is 13.8 Å². The molecule has 12 heavy (non-hydrogen) atoms. The largest absolute Gasteiger partial charge is 0.128 e. The summed E-state index contributed by atoms with van der Waals surface area (Å²) in [6, 6.07) is 8.45. The predicted molar refractivity (Wildman–Crippen MR) is 61.4 cm³/mol. The minimum Gasteiger partial charge on any atom is -0.128 e. The number of benzene rings is 1. The van der Waals surface area contributed by atoms with Crippen molar-refractivity contribution >= 4 is 23.5 Å². The smallest absolute Gasteiger partial charge is 0.0205 e. The summed E-state index contributed by atoms with van der Waals surface area (Å²) >= 11 is 3.60. The number of hydrogen-bond acceptors (Lipinski definition) is 2. The topological polar surface area (TPSA) is 0 Å². The zero-order valence-corrected chi connectivity index (χ0v) is 9.76. The summed E-state index contributed by atoms with van der Waals surface area (Å²) in [5.74, 6) is 0. The molecule has 0 unspecified atom stereocenters. The van der Waals surface area contributed by atoms with Gasteiger partial charge in [-0.2, -0.15) is 0 Å². The van der Waals surface area contributed by atoms with Crippen LogP contribution in [0.3, 0.4) is 0 Å². The average Bonchev–Trinajstić information content (AvgIpc) is 2.20. The highest BCUT2D eigenvalue weighted by Gasteiger charge is 1.95. The van der Waals surface area contributed by atoms with E-state index in [9.17, 15) is 0 Å². The highest BCUT2D eigenvalue weighted by molar-refractivity contribution is 8.01. The Morgan fingerprint density at radius 1 is 0.833 bits per heavy atom. The molecule has 0 saturated heterocycles. The lowest BCUT2D eigenvalue weighted by Gasteiger charge is -2.01. The van der Waals surface area contributed by atoms with Crippen molar-refractivity contribution in [3.63, 3.8) is 0 Å². The summed E-state index contributed by atoms with van der Waals surface area (Å²) in [7, 11) is 0. The van der Waals surface area contributed by atoms with Gasteiger partial charge < -0.3 is 0 Å². The standard InChI is InChI=1S/C8H10S2.C2H6/c1-9-7-5-3-4-6-8(7)10-2;1-2/h3-6H,1-2H3;1-2H3. The lowest BCUT2D eigenvalue weighted by atomic mass is 10.4. The normalized spacial score (nSPS) is 8.67. The molecule has 0 N–H and O–H groups in total. The molecule has 0 aliphatic heterocycles. The molecule has 1 aromatic carbocycles. The van der Waals surface area contributed by atoms with Crippen LogP contribution in [0.4, 0.5) is 0 Å². The van der Waals surface area contributed by atoms with Crippen molar-refractivity contribution in [3.8, 4) is 0 Å². The van der Waals surface area contributed by atoms with Crippen LogP contribution >= 0.6 is 23.5 Å². The monoisotopic (exact) mass is 200 g/mol. The molecule has 2 heteroatoms. The van der Waals surface area contributed by atoms with Crippen LogP contribution in [-0.4, -0.2) is 12.5 Å². The Bertz CT molecular complexity index is 186.